The predicted octanol–water partition coefficient (Wildman–Crippen LogP) is 2.77. The zero-order chi connectivity index (χ0) is 17.3. The molecule has 0 aliphatic carbocycles. The average molecular weight is 329 g/mol. The van der Waals surface area contributed by atoms with Crippen LogP contribution in [0.25, 0.3) is 22.6 Å². The summed E-state index contributed by atoms with van der Waals surface area (Å²) < 4.78 is 24.1. The van der Waals surface area contributed by atoms with E-state index in [1.165, 1.54) is 20.1 Å². The van der Waals surface area contributed by atoms with Crippen molar-refractivity contribution >= 4 is 28.7 Å². The Labute approximate surface area is 135 Å². The molecule has 8 heteroatoms. The summed E-state index contributed by atoms with van der Waals surface area (Å²) in [4.78, 5) is 30.5. The number of ether oxygens (including phenoxy) is 1. The molecule has 0 bridgehead atoms. The molecule has 0 unspecified atom stereocenters. The van der Waals surface area contributed by atoms with E-state index in [4.69, 9.17) is 4.42 Å². The smallest absolute Gasteiger partial charge is 0.356 e. The number of oxazole rings is 1. The number of hydrogen-bond acceptors (Lipinski definition) is 6. The second-order valence-electron chi connectivity index (χ2n) is 4.92. The van der Waals surface area contributed by atoms with E-state index in [9.17, 15) is 14.0 Å². The number of nitrogens with one attached hydrogen (secondary N) is 1. The van der Waals surface area contributed by atoms with Gasteiger partial charge in [0.05, 0.1) is 18.9 Å². The summed E-state index contributed by atoms with van der Waals surface area (Å²) >= 11 is 0. The molecule has 2 heterocycles. The fourth-order valence-corrected chi connectivity index (χ4v) is 2.14. The van der Waals surface area contributed by atoms with Gasteiger partial charge in [0.1, 0.15) is 11.2 Å². The molecule has 0 saturated carbocycles. The van der Waals surface area contributed by atoms with Crippen molar-refractivity contribution in [3.63, 3.8) is 0 Å². The highest BCUT2D eigenvalue weighted by molar-refractivity contribution is 5.92. The fourth-order valence-electron chi connectivity index (χ4n) is 2.14. The number of methoxy groups -OCH3 is 1. The summed E-state index contributed by atoms with van der Waals surface area (Å²) in [7, 11) is 1.20. The molecule has 0 saturated heterocycles. The number of carbonyl (C=O) groups excluding carboxylic acids is 2. The molecule has 0 radical (unpaired) electrons. The number of nitrogens with zero attached hydrogens (tertiary/aromatic N) is 2. The lowest BCUT2D eigenvalue weighted by atomic mass is 10.2. The first-order valence-electron chi connectivity index (χ1n) is 6.90. The minimum absolute atomic E-state index is 0.00460. The molecule has 0 aliphatic heterocycles. The highest BCUT2D eigenvalue weighted by atomic mass is 19.1. The van der Waals surface area contributed by atoms with Crippen molar-refractivity contribution in [1.29, 1.82) is 0 Å². The van der Waals surface area contributed by atoms with Gasteiger partial charge in [0.25, 0.3) is 0 Å². The molecule has 122 valence electrons. The van der Waals surface area contributed by atoms with Crippen LogP contribution in [0.1, 0.15) is 17.4 Å². The van der Waals surface area contributed by atoms with E-state index < -0.39 is 11.8 Å². The second-order valence-corrected chi connectivity index (χ2v) is 4.92. The lowest BCUT2D eigenvalue weighted by Gasteiger charge is -2.01. The molecule has 1 N–H and O–H groups in total. The number of benzene rings is 1. The Kier molecular flexibility index (Phi) is 3.95. The van der Waals surface area contributed by atoms with Crippen molar-refractivity contribution in [2.75, 3.05) is 12.4 Å². The Morgan fingerprint density at radius 3 is 2.79 bits per heavy atom. The third-order valence-electron chi connectivity index (χ3n) is 3.19. The van der Waals surface area contributed by atoms with E-state index >= 15 is 0 Å². The maximum absolute atomic E-state index is 14.0. The Morgan fingerprint density at radius 1 is 1.29 bits per heavy atom. The van der Waals surface area contributed by atoms with E-state index in [2.05, 4.69) is 20.0 Å². The van der Waals surface area contributed by atoms with Gasteiger partial charge in [-0.1, -0.05) is 0 Å². The van der Waals surface area contributed by atoms with Gasteiger partial charge in [-0.15, -0.1) is 0 Å². The van der Waals surface area contributed by atoms with Crippen molar-refractivity contribution in [3.05, 3.63) is 42.0 Å². The normalized spacial score (nSPS) is 10.6. The zero-order valence-electron chi connectivity index (χ0n) is 12.8. The van der Waals surface area contributed by atoms with Gasteiger partial charge >= 0.3 is 5.97 Å². The highest BCUT2D eigenvalue weighted by Gasteiger charge is 2.17. The molecule has 1 aromatic carbocycles. The van der Waals surface area contributed by atoms with Crippen LogP contribution in [0.5, 0.6) is 0 Å². The minimum Gasteiger partial charge on any atom is -0.464 e. The molecular formula is C16H12FN3O4. The van der Waals surface area contributed by atoms with Crippen LogP contribution in [0.4, 0.5) is 10.1 Å². The SMILES string of the molecule is COC(=O)c1cc(-c2nc3cc(NC(C)=O)ccc3o2)c(F)cn1. The van der Waals surface area contributed by atoms with Crippen molar-refractivity contribution in [1.82, 2.24) is 9.97 Å². The third kappa shape index (κ3) is 2.94. The number of fused-ring (bicyclic) bond motifs is 1. The van der Waals surface area contributed by atoms with Crippen LogP contribution in [0.2, 0.25) is 0 Å². The molecular weight excluding hydrogens is 317 g/mol. The molecule has 0 fully saturated rings. The highest BCUT2D eigenvalue weighted by Crippen LogP contribution is 2.28. The number of carbonyl (C=O) groups is 2. The van der Waals surface area contributed by atoms with Gasteiger partial charge < -0.3 is 14.5 Å². The average Bonchev–Trinajstić information content (AvgIpc) is 2.97. The molecule has 2 aromatic heterocycles. The first kappa shape index (κ1) is 15.6. The summed E-state index contributed by atoms with van der Waals surface area (Å²) in [5.41, 5.74) is 1.32. The van der Waals surface area contributed by atoms with E-state index in [0.29, 0.717) is 16.8 Å². The number of aromatic nitrogens is 2. The van der Waals surface area contributed by atoms with Gasteiger partial charge in [0.2, 0.25) is 11.8 Å². The topological polar surface area (TPSA) is 94.3 Å². The minimum atomic E-state index is -0.694. The summed E-state index contributed by atoms with van der Waals surface area (Å²) in [6.07, 6.45) is 0.902. The lowest BCUT2D eigenvalue weighted by Crippen LogP contribution is -2.05. The fraction of sp³-hybridized carbons (Fsp3) is 0.125. The van der Waals surface area contributed by atoms with E-state index in [0.717, 1.165) is 6.20 Å². The Balaban J connectivity index is 2.06. The van der Waals surface area contributed by atoms with E-state index in [-0.39, 0.29) is 23.1 Å². The van der Waals surface area contributed by atoms with Crippen LogP contribution in [0, 0.1) is 5.82 Å². The quantitative estimate of drug-likeness (QED) is 0.743. The largest absolute Gasteiger partial charge is 0.464 e. The first-order valence-corrected chi connectivity index (χ1v) is 6.90. The third-order valence-corrected chi connectivity index (χ3v) is 3.19. The summed E-state index contributed by atoms with van der Waals surface area (Å²) in [5.74, 6) is -1.60. The summed E-state index contributed by atoms with van der Waals surface area (Å²) in [6, 6.07) is 6.06. The number of pyridine rings is 1. The Morgan fingerprint density at radius 2 is 2.08 bits per heavy atom. The van der Waals surface area contributed by atoms with Crippen LogP contribution < -0.4 is 5.32 Å². The standard InChI is InChI=1S/C16H12FN3O4/c1-8(21)19-9-3-4-14-12(5-9)20-15(24-14)10-6-13(16(22)23-2)18-7-11(10)17/h3-7H,1-2H3,(H,19,21). The van der Waals surface area contributed by atoms with Crippen LogP contribution in [0.15, 0.2) is 34.9 Å². The van der Waals surface area contributed by atoms with Gasteiger partial charge in [-0.25, -0.2) is 19.2 Å². The van der Waals surface area contributed by atoms with E-state index in [1.54, 1.807) is 18.2 Å². The molecule has 0 spiro atoms. The maximum Gasteiger partial charge on any atom is 0.356 e. The monoisotopic (exact) mass is 329 g/mol. The van der Waals surface area contributed by atoms with Crippen LogP contribution in [0.3, 0.4) is 0 Å². The number of anilines is 1. The Bertz CT molecular complexity index is 952. The second kappa shape index (κ2) is 6.07. The van der Waals surface area contributed by atoms with Gasteiger partial charge in [0, 0.05) is 12.6 Å². The summed E-state index contributed by atoms with van der Waals surface area (Å²) in [5, 5.41) is 2.62. The van der Waals surface area contributed by atoms with Gasteiger partial charge in [-0.05, 0) is 24.3 Å². The molecule has 7 nitrogen and oxygen atoms in total. The van der Waals surface area contributed by atoms with Crippen molar-refractivity contribution in [2.24, 2.45) is 0 Å². The zero-order valence-corrected chi connectivity index (χ0v) is 12.8. The summed E-state index contributed by atoms with van der Waals surface area (Å²) in [6.45, 7) is 1.39. The predicted molar refractivity (Wildman–Crippen MR) is 82.8 cm³/mol. The number of halogens is 1. The van der Waals surface area contributed by atoms with Gasteiger partial charge in [0.15, 0.2) is 11.4 Å². The molecule has 3 rings (SSSR count). The van der Waals surface area contributed by atoms with Crippen LogP contribution in [-0.4, -0.2) is 29.0 Å². The van der Waals surface area contributed by atoms with Crippen LogP contribution in [-0.2, 0) is 9.53 Å². The molecule has 3 aromatic rings. The van der Waals surface area contributed by atoms with Crippen LogP contribution >= 0.6 is 0 Å². The number of esters is 1. The lowest BCUT2D eigenvalue weighted by molar-refractivity contribution is -0.114. The number of hydrogen-bond donors (Lipinski definition) is 1. The maximum atomic E-state index is 14.0. The van der Waals surface area contributed by atoms with Crippen molar-refractivity contribution < 1.29 is 23.1 Å². The molecule has 0 atom stereocenters. The van der Waals surface area contributed by atoms with Gasteiger partial charge in [-0.3, -0.25) is 4.79 Å². The Hall–Kier alpha value is -3.29. The molecule has 1 amide bonds. The first-order chi connectivity index (χ1) is 11.5. The number of amides is 1. The van der Waals surface area contributed by atoms with Crippen molar-refractivity contribution in [3.8, 4) is 11.5 Å². The number of rotatable bonds is 3. The molecule has 24 heavy (non-hydrogen) atoms. The van der Waals surface area contributed by atoms with E-state index in [1.807, 2.05) is 0 Å². The molecule has 0 aliphatic rings. The van der Waals surface area contributed by atoms with Crippen molar-refractivity contribution in [2.45, 2.75) is 6.92 Å². The van der Waals surface area contributed by atoms with Gasteiger partial charge in [-0.2, -0.15) is 0 Å².